The molecule has 2 N–H and O–H groups in total. The summed E-state index contributed by atoms with van der Waals surface area (Å²) in [6.07, 6.45) is 1.46. The molecule has 6 nitrogen and oxygen atoms in total. The van der Waals surface area contributed by atoms with Gasteiger partial charge in [-0.05, 0) is 32.0 Å². The fourth-order valence-electron chi connectivity index (χ4n) is 1.58. The van der Waals surface area contributed by atoms with E-state index in [1.165, 1.54) is 23.0 Å². The lowest BCUT2D eigenvalue weighted by atomic mass is 10.1. The Hall–Kier alpha value is -1.99. The Morgan fingerprint density at radius 2 is 2.24 bits per heavy atom. The number of rotatable bonds is 4. The van der Waals surface area contributed by atoms with Crippen molar-refractivity contribution in [3.8, 4) is 0 Å². The summed E-state index contributed by atoms with van der Waals surface area (Å²) in [5.74, 6) is -1.09. The van der Waals surface area contributed by atoms with Crippen molar-refractivity contribution in [3.05, 3.63) is 40.9 Å². The number of carbonyl (C=O) groups excluding carboxylic acids is 1. The molecule has 0 unspecified atom stereocenters. The van der Waals surface area contributed by atoms with Crippen LogP contribution in [0.5, 0.6) is 0 Å². The van der Waals surface area contributed by atoms with Gasteiger partial charge in [0.2, 0.25) is 5.91 Å². The molecule has 0 saturated carbocycles. The van der Waals surface area contributed by atoms with Crippen LogP contribution in [-0.2, 0) is 16.9 Å². The molecule has 0 radical (unpaired) electrons. The second-order valence-corrected chi connectivity index (χ2v) is 5.47. The molecule has 112 valence electrons. The lowest BCUT2D eigenvalue weighted by molar-refractivity contribution is -0.117. The third kappa shape index (κ3) is 3.99. The third-order valence-corrected chi connectivity index (χ3v) is 2.91. The van der Waals surface area contributed by atoms with Crippen molar-refractivity contribution in [2.24, 2.45) is 0 Å². The topological polar surface area (TPSA) is 80.0 Å². The molecule has 1 aromatic heterocycles. The second-order valence-electron chi connectivity index (χ2n) is 5.03. The number of hydrogen-bond donors (Lipinski definition) is 2. The largest absolute Gasteiger partial charge is 0.384 e. The van der Waals surface area contributed by atoms with Crippen molar-refractivity contribution in [2.45, 2.75) is 26.0 Å². The van der Waals surface area contributed by atoms with Gasteiger partial charge < -0.3 is 10.4 Å². The zero-order chi connectivity index (χ0) is 15.6. The second kappa shape index (κ2) is 5.79. The first-order valence-electron chi connectivity index (χ1n) is 6.13. The number of nitrogens with one attached hydrogen (secondary N) is 1. The fourth-order valence-corrected chi connectivity index (χ4v) is 1.74. The summed E-state index contributed by atoms with van der Waals surface area (Å²) in [6.45, 7) is 2.97. The Bertz CT molecular complexity index is 666. The zero-order valence-corrected chi connectivity index (χ0v) is 12.2. The van der Waals surface area contributed by atoms with E-state index in [0.717, 1.165) is 6.07 Å². The summed E-state index contributed by atoms with van der Waals surface area (Å²) in [7, 11) is 0. The number of anilines is 1. The number of amides is 1. The molecule has 2 rings (SSSR count). The van der Waals surface area contributed by atoms with Crippen LogP contribution in [0.25, 0.3) is 0 Å². The first-order chi connectivity index (χ1) is 9.75. The van der Waals surface area contributed by atoms with Gasteiger partial charge in [0.1, 0.15) is 23.7 Å². The number of nitrogens with zero attached hydrogens (tertiary/aromatic N) is 3. The minimum atomic E-state index is -1.14. The van der Waals surface area contributed by atoms with E-state index < -0.39 is 17.3 Å². The number of halogens is 2. The summed E-state index contributed by atoms with van der Waals surface area (Å²) >= 11 is 5.63. The van der Waals surface area contributed by atoms with Crippen LogP contribution in [-0.4, -0.2) is 26.0 Å². The van der Waals surface area contributed by atoms with Gasteiger partial charge in [-0.3, -0.25) is 4.79 Å². The lowest BCUT2D eigenvalue weighted by Gasteiger charge is -2.11. The van der Waals surface area contributed by atoms with Gasteiger partial charge in [-0.2, -0.15) is 0 Å². The van der Waals surface area contributed by atoms with E-state index in [1.54, 1.807) is 13.8 Å². The molecular formula is C13H14ClFN4O2. The number of hydrogen-bond acceptors (Lipinski definition) is 4. The molecular weight excluding hydrogens is 299 g/mol. The normalized spacial score (nSPS) is 11.5. The Morgan fingerprint density at radius 1 is 1.52 bits per heavy atom. The van der Waals surface area contributed by atoms with Gasteiger partial charge in [-0.1, -0.05) is 16.8 Å². The van der Waals surface area contributed by atoms with E-state index >= 15 is 0 Å². The summed E-state index contributed by atoms with van der Waals surface area (Å²) in [4.78, 5) is 11.8. The summed E-state index contributed by atoms with van der Waals surface area (Å²) in [5, 5.41) is 19.9. The molecule has 0 spiro atoms. The number of benzene rings is 1. The van der Waals surface area contributed by atoms with Crippen molar-refractivity contribution >= 4 is 23.2 Å². The van der Waals surface area contributed by atoms with Crippen LogP contribution in [0.3, 0.4) is 0 Å². The Kier molecular flexibility index (Phi) is 4.24. The number of carbonyl (C=O) groups is 1. The quantitative estimate of drug-likeness (QED) is 0.904. The van der Waals surface area contributed by atoms with Crippen LogP contribution < -0.4 is 5.32 Å². The van der Waals surface area contributed by atoms with Crippen molar-refractivity contribution < 1.29 is 14.3 Å². The SMILES string of the molecule is CC(C)(O)c1cn(CC(=O)Nc2ccc(Cl)cc2F)nn1. The number of aliphatic hydroxyl groups is 1. The van der Waals surface area contributed by atoms with Gasteiger partial charge in [0.25, 0.3) is 0 Å². The van der Waals surface area contributed by atoms with Gasteiger partial charge in [0.15, 0.2) is 0 Å². The predicted molar refractivity (Wildman–Crippen MR) is 75.3 cm³/mol. The maximum atomic E-state index is 13.5. The van der Waals surface area contributed by atoms with Crippen LogP contribution in [0, 0.1) is 5.82 Å². The Morgan fingerprint density at radius 3 is 2.81 bits per heavy atom. The highest BCUT2D eigenvalue weighted by atomic mass is 35.5. The van der Waals surface area contributed by atoms with E-state index in [1.807, 2.05) is 0 Å². The van der Waals surface area contributed by atoms with E-state index in [0.29, 0.717) is 5.69 Å². The molecule has 1 amide bonds. The maximum Gasteiger partial charge on any atom is 0.246 e. The summed E-state index contributed by atoms with van der Waals surface area (Å²) < 4.78 is 14.8. The highest BCUT2D eigenvalue weighted by Crippen LogP contribution is 2.19. The average Bonchev–Trinajstić information content (AvgIpc) is 2.81. The highest BCUT2D eigenvalue weighted by molar-refractivity contribution is 6.30. The fraction of sp³-hybridized carbons (Fsp3) is 0.308. The predicted octanol–water partition coefficient (Wildman–Crippen LogP) is 1.94. The van der Waals surface area contributed by atoms with Crippen LogP contribution >= 0.6 is 11.6 Å². The Labute approximate surface area is 125 Å². The van der Waals surface area contributed by atoms with Crippen molar-refractivity contribution in [3.63, 3.8) is 0 Å². The van der Waals surface area contributed by atoms with E-state index in [-0.39, 0.29) is 17.3 Å². The summed E-state index contributed by atoms with van der Waals surface area (Å²) in [5.41, 5.74) is -0.767. The molecule has 0 aliphatic heterocycles. The average molecular weight is 313 g/mol. The standard InChI is InChI=1S/C13H14ClFN4O2/c1-13(2,21)11-6-19(18-17-11)7-12(20)16-10-4-3-8(14)5-9(10)15/h3-6,21H,7H2,1-2H3,(H,16,20). The van der Waals surface area contributed by atoms with Crippen LogP contribution in [0.15, 0.2) is 24.4 Å². The van der Waals surface area contributed by atoms with Gasteiger partial charge >= 0.3 is 0 Å². The molecule has 0 aliphatic carbocycles. The Balaban J connectivity index is 2.03. The van der Waals surface area contributed by atoms with E-state index in [9.17, 15) is 14.3 Å². The molecule has 1 heterocycles. The van der Waals surface area contributed by atoms with Crippen LogP contribution in [0.1, 0.15) is 19.5 Å². The molecule has 0 fully saturated rings. The van der Waals surface area contributed by atoms with Crippen molar-refractivity contribution in [1.82, 2.24) is 15.0 Å². The van der Waals surface area contributed by atoms with Gasteiger partial charge in [-0.15, -0.1) is 5.10 Å². The molecule has 0 aliphatic rings. The zero-order valence-electron chi connectivity index (χ0n) is 11.5. The first-order valence-corrected chi connectivity index (χ1v) is 6.51. The van der Waals surface area contributed by atoms with E-state index in [4.69, 9.17) is 11.6 Å². The third-order valence-electron chi connectivity index (χ3n) is 2.68. The molecule has 0 bridgehead atoms. The first kappa shape index (κ1) is 15.4. The molecule has 21 heavy (non-hydrogen) atoms. The smallest absolute Gasteiger partial charge is 0.246 e. The number of aromatic nitrogens is 3. The highest BCUT2D eigenvalue weighted by Gasteiger charge is 2.20. The van der Waals surface area contributed by atoms with Gasteiger partial charge in [0.05, 0.1) is 11.9 Å². The maximum absolute atomic E-state index is 13.5. The molecule has 8 heteroatoms. The molecule has 2 aromatic rings. The van der Waals surface area contributed by atoms with Crippen LogP contribution in [0.2, 0.25) is 5.02 Å². The van der Waals surface area contributed by atoms with Crippen LogP contribution in [0.4, 0.5) is 10.1 Å². The monoisotopic (exact) mass is 312 g/mol. The van der Waals surface area contributed by atoms with Gasteiger partial charge in [-0.25, -0.2) is 9.07 Å². The van der Waals surface area contributed by atoms with Crippen molar-refractivity contribution in [2.75, 3.05) is 5.32 Å². The molecule has 0 atom stereocenters. The lowest BCUT2D eigenvalue weighted by Crippen LogP contribution is -2.20. The summed E-state index contributed by atoms with van der Waals surface area (Å²) in [6, 6.07) is 3.96. The van der Waals surface area contributed by atoms with E-state index in [2.05, 4.69) is 15.6 Å². The minimum absolute atomic E-state index is 0.0345. The van der Waals surface area contributed by atoms with Gasteiger partial charge in [0, 0.05) is 5.02 Å². The minimum Gasteiger partial charge on any atom is -0.384 e. The van der Waals surface area contributed by atoms with Crippen molar-refractivity contribution in [1.29, 1.82) is 0 Å². The molecule has 1 aromatic carbocycles. The molecule has 0 saturated heterocycles.